The quantitative estimate of drug-likeness (QED) is 0.838. The molecule has 7 heteroatoms. The summed E-state index contributed by atoms with van der Waals surface area (Å²) in [6.45, 7) is 3.49. The fraction of sp³-hybridized carbons (Fsp3) is 0.462. The second kappa shape index (κ2) is 5.78. The molecule has 0 saturated carbocycles. The van der Waals surface area contributed by atoms with Gasteiger partial charge in [0.1, 0.15) is 5.82 Å². The van der Waals surface area contributed by atoms with E-state index in [-0.39, 0.29) is 6.54 Å². The van der Waals surface area contributed by atoms with Gasteiger partial charge in [0.2, 0.25) is 0 Å². The van der Waals surface area contributed by atoms with Gasteiger partial charge in [-0.3, -0.25) is 4.79 Å². The van der Waals surface area contributed by atoms with Crippen LogP contribution >= 0.6 is 0 Å². The second-order valence-electron chi connectivity index (χ2n) is 4.74. The minimum absolute atomic E-state index is 0.0931. The maximum Gasteiger partial charge on any atom is 0.419 e. The third kappa shape index (κ3) is 3.47. The van der Waals surface area contributed by atoms with E-state index in [0.29, 0.717) is 12.5 Å². The number of rotatable bonds is 4. The first-order chi connectivity index (χ1) is 9.14. The van der Waals surface area contributed by atoms with Gasteiger partial charge in [-0.15, -0.1) is 0 Å². The molecule has 0 heterocycles. The fourth-order valence-corrected chi connectivity index (χ4v) is 1.55. The molecule has 1 aromatic rings. The second-order valence-corrected chi connectivity index (χ2v) is 4.74. The molecular weight excluding hydrogens is 276 g/mol. The van der Waals surface area contributed by atoms with Crippen LogP contribution in [0, 0.1) is 5.82 Å². The Bertz CT molecular complexity index is 496. The molecule has 1 atom stereocenters. The van der Waals surface area contributed by atoms with E-state index in [1.807, 2.05) is 0 Å². The summed E-state index contributed by atoms with van der Waals surface area (Å²) in [5.41, 5.74) is 2.59. The molecule has 3 nitrogen and oxygen atoms in total. The minimum Gasteiger partial charge on any atom is -0.346 e. The number of nitrogens with two attached hydrogens (primary N) is 1. The van der Waals surface area contributed by atoms with Gasteiger partial charge in [0.15, 0.2) is 0 Å². The van der Waals surface area contributed by atoms with Crippen molar-refractivity contribution >= 4 is 5.91 Å². The molecule has 0 aliphatic rings. The van der Waals surface area contributed by atoms with Crippen molar-refractivity contribution in [3.63, 3.8) is 0 Å². The number of hydrogen-bond donors (Lipinski definition) is 2. The zero-order valence-electron chi connectivity index (χ0n) is 11.1. The molecule has 0 bridgehead atoms. The van der Waals surface area contributed by atoms with E-state index < -0.39 is 34.6 Å². The highest BCUT2D eigenvalue weighted by molar-refractivity contribution is 5.95. The van der Waals surface area contributed by atoms with E-state index in [9.17, 15) is 22.4 Å². The maximum absolute atomic E-state index is 13.8. The lowest BCUT2D eigenvalue weighted by Gasteiger charge is -2.28. The zero-order chi connectivity index (χ0) is 15.6. The van der Waals surface area contributed by atoms with Crippen molar-refractivity contribution in [2.24, 2.45) is 5.73 Å². The average molecular weight is 292 g/mol. The summed E-state index contributed by atoms with van der Waals surface area (Å²) in [4.78, 5) is 11.9. The summed E-state index contributed by atoms with van der Waals surface area (Å²) in [6, 6.07) is 2.59. The van der Waals surface area contributed by atoms with E-state index in [4.69, 9.17) is 5.73 Å². The third-order valence-corrected chi connectivity index (χ3v) is 3.19. The third-order valence-electron chi connectivity index (χ3n) is 3.19. The molecule has 0 aromatic heterocycles. The van der Waals surface area contributed by atoms with Crippen molar-refractivity contribution in [3.8, 4) is 0 Å². The van der Waals surface area contributed by atoms with Gasteiger partial charge in [0.25, 0.3) is 5.91 Å². The van der Waals surface area contributed by atoms with Gasteiger partial charge < -0.3 is 11.1 Å². The molecule has 0 aliphatic carbocycles. The van der Waals surface area contributed by atoms with Gasteiger partial charge in [-0.05, 0) is 25.5 Å². The Balaban J connectivity index is 3.13. The number of nitrogens with one attached hydrogen (secondary N) is 1. The molecule has 1 amide bonds. The lowest BCUT2D eigenvalue weighted by molar-refractivity contribution is -0.140. The number of hydrogen-bond acceptors (Lipinski definition) is 2. The molecule has 1 aromatic carbocycles. The van der Waals surface area contributed by atoms with Crippen LogP contribution in [0.4, 0.5) is 17.6 Å². The van der Waals surface area contributed by atoms with Crippen LogP contribution in [-0.4, -0.2) is 18.0 Å². The molecule has 0 saturated heterocycles. The van der Waals surface area contributed by atoms with Crippen LogP contribution in [-0.2, 0) is 6.18 Å². The highest BCUT2D eigenvalue weighted by Gasteiger charge is 2.36. The van der Waals surface area contributed by atoms with Crippen LogP contribution in [0.1, 0.15) is 36.2 Å². The largest absolute Gasteiger partial charge is 0.419 e. The van der Waals surface area contributed by atoms with Gasteiger partial charge in [0.05, 0.1) is 11.1 Å². The molecule has 20 heavy (non-hydrogen) atoms. The summed E-state index contributed by atoms with van der Waals surface area (Å²) >= 11 is 0. The van der Waals surface area contributed by atoms with E-state index in [1.165, 1.54) is 0 Å². The lowest BCUT2D eigenvalue weighted by Crippen LogP contribution is -2.51. The van der Waals surface area contributed by atoms with Crippen molar-refractivity contribution in [1.29, 1.82) is 0 Å². The van der Waals surface area contributed by atoms with Gasteiger partial charge in [-0.2, -0.15) is 13.2 Å². The normalized spacial score (nSPS) is 14.8. The first kappa shape index (κ1) is 16.4. The van der Waals surface area contributed by atoms with Crippen LogP contribution < -0.4 is 11.1 Å². The first-order valence-electron chi connectivity index (χ1n) is 6.03. The monoisotopic (exact) mass is 292 g/mol. The number of benzene rings is 1. The van der Waals surface area contributed by atoms with Gasteiger partial charge in [-0.1, -0.05) is 13.0 Å². The van der Waals surface area contributed by atoms with Crippen LogP contribution in [0.25, 0.3) is 0 Å². The predicted molar refractivity (Wildman–Crippen MR) is 66.6 cm³/mol. The number of amides is 1. The SMILES string of the molecule is CCC(C)(CN)NC(=O)c1cccc(C(F)(F)F)c1F. The minimum atomic E-state index is -4.84. The molecule has 0 aliphatic heterocycles. The predicted octanol–water partition coefficient (Wildman–Crippen LogP) is 2.70. The molecule has 0 radical (unpaired) electrons. The summed E-state index contributed by atoms with van der Waals surface area (Å²) in [5.74, 6) is -2.49. The molecule has 3 N–H and O–H groups in total. The Hall–Kier alpha value is -1.63. The van der Waals surface area contributed by atoms with Crippen LogP contribution in [0.15, 0.2) is 18.2 Å². The Kier molecular flexibility index (Phi) is 4.75. The highest BCUT2D eigenvalue weighted by atomic mass is 19.4. The Labute approximate surface area is 114 Å². The first-order valence-corrected chi connectivity index (χ1v) is 6.03. The van der Waals surface area contributed by atoms with Crippen molar-refractivity contribution in [2.45, 2.75) is 32.0 Å². The van der Waals surface area contributed by atoms with Gasteiger partial charge >= 0.3 is 6.18 Å². The average Bonchev–Trinajstić information content (AvgIpc) is 2.37. The van der Waals surface area contributed by atoms with E-state index in [0.717, 1.165) is 12.1 Å². The van der Waals surface area contributed by atoms with Crippen LogP contribution in [0.3, 0.4) is 0 Å². The van der Waals surface area contributed by atoms with Crippen LogP contribution in [0.5, 0.6) is 0 Å². The maximum atomic E-state index is 13.8. The van der Waals surface area contributed by atoms with Crippen molar-refractivity contribution < 1.29 is 22.4 Å². The number of halogens is 4. The lowest BCUT2D eigenvalue weighted by atomic mass is 9.98. The summed E-state index contributed by atoms with van der Waals surface area (Å²) < 4.78 is 51.5. The number of carbonyl (C=O) groups excluding carboxylic acids is 1. The van der Waals surface area contributed by atoms with Gasteiger partial charge in [0, 0.05) is 12.1 Å². The van der Waals surface area contributed by atoms with Crippen molar-refractivity contribution in [1.82, 2.24) is 5.32 Å². The molecular formula is C13H16F4N2O. The van der Waals surface area contributed by atoms with Gasteiger partial charge in [-0.25, -0.2) is 4.39 Å². The summed E-state index contributed by atoms with van der Waals surface area (Å²) in [7, 11) is 0. The molecule has 1 unspecified atom stereocenters. The number of alkyl halides is 3. The molecule has 0 spiro atoms. The smallest absolute Gasteiger partial charge is 0.346 e. The molecule has 112 valence electrons. The zero-order valence-corrected chi connectivity index (χ0v) is 11.1. The van der Waals surface area contributed by atoms with E-state index in [1.54, 1.807) is 13.8 Å². The summed E-state index contributed by atoms with van der Waals surface area (Å²) in [5, 5.41) is 2.46. The topological polar surface area (TPSA) is 55.1 Å². The highest BCUT2D eigenvalue weighted by Crippen LogP contribution is 2.32. The standard InChI is InChI=1S/C13H16F4N2O/c1-3-12(2,7-18)19-11(20)8-5-4-6-9(10(8)14)13(15,16)17/h4-6H,3,7,18H2,1-2H3,(H,19,20). The van der Waals surface area contributed by atoms with E-state index in [2.05, 4.69) is 5.32 Å². The Morgan fingerprint density at radius 2 is 1.95 bits per heavy atom. The van der Waals surface area contributed by atoms with E-state index >= 15 is 0 Å². The summed E-state index contributed by atoms with van der Waals surface area (Å²) in [6.07, 6.45) is -4.38. The molecule has 1 rings (SSSR count). The fourth-order valence-electron chi connectivity index (χ4n) is 1.55. The number of carbonyl (C=O) groups is 1. The van der Waals surface area contributed by atoms with Crippen LogP contribution in [0.2, 0.25) is 0 Å². The Morgan fingerprint density at radius 3 is 2.40 bits per heavy atom. The molecule has 0 fully saturated rings. The van der Waals surface area contributed by atoms with Crippen molar-refractivity contribution in [2.75, 3.05) is 6.54 Å². The van der Waals surface area contributed by atoms with Crippen molar-refractivity contribution in [3.05, 3.63) is 35.1 Å². The Morgan fingerprint density at radius 1 is 1.35 bits per heavy atom.